The van der Waals surface area contributed by atoms with Gasteiger partial charge in [0.25, 0.3) is 5.56 Å². The van der Waals surface area contributed by atoms with Crippen molar-refractivity contribution >= 4 is 43.9 Å². The molecule has 0 aliphatic rings. The first-order valence-electron chi connectivity index (χ1n) is 8.13. The zero-order valence-electron chi connectivity index (χ0n) is 14.3. The van der Waals surface area contributed by atoms with E-state index in [4.69, 9.17) is 0 Å². The number of carbonyl (C=O) groups excluding carboxylic acids is 1. The van der Waals surface area contributed by atoms with Gasteiger partial charge in [-0.2, -0.15) is 5.10 Å². The second-order valence-electron chi connectivity index (χ2n) is 6.06. The third-order valence-corrected chi connectivity index (χ3v) is 5.07. The average molecular weight is 364 g/mol. The monoisotopic (exact) mass is 364 g/mol. The first kappa shape index (κ1) is 16.4. The predicted octanol–water partition coefficient (Wildman–Crippen LogP) is 3.03. The Labute approximate surface area is 153 Å². The van der Waals surface area contributed by atoms with Crippen molar-refractivity contribution in [2.24, 2.45) is 7.05 Å². The minimum absolute atomic E-state index is 0.0917. The highest BCUT2D eigenvalue weighted by Crippen LogP contribution is 2.25. The molecule has 0 aliphatic heterocycles. The van der Waals surface area contributed by atoms with Gasteiger partial charge in [0.1, 0.15) is 0 Å². The molecule has 0 bridgehead atoms. The van der Waals surface area contributed by atoms with Gasteiger partial charge in [-0.15, -0.1) is 11.3 Å². The number of rotatable bonds is 3. The number of nitrogens with zero attached hydrogens (tertiary/aromatic N) is 3. The molecule has 4 aromatic rings. The van der Waals surface area contributed by atoms with Crippen LogP contribution in [0.15, 0.2) is 47.3 Å². The van der Waals surface area contributed by atoms with E-state index >= 15 is 0 Å². The number of hydrogen-bond donors (Lipinski definition) is 1. The summed E-state index contributed by atoms with van der Waals surface area (Å²) in [5.74, 6) is -0.179. The molecular formula is C19H16N4O2S. The Kier molecular flexibility index (Phi) is 4.00. The second kappa shape index (κ2) is 6.34. The average Bonchev–Trinajstić information content (AvgIpc) is 2.98. The van der Waals surface area contributed by atoms with Crippen molar-refractivity contribution in [3.8, 4) is 0 Å². The Morgan fingerprint density at radius 2 is 1.96 bits per heavy atom. The maximum Gasteiger partial charge on any atom is 0.274 e. The van der Waals surface area contributed by atoms with Gasteiger partial charge >= 0.3 is 0 Å². The van der Waals surface area contributed by atoms with Crippen molar-refractivity contribution in [1.82, 2.24) is 14.8 Å². The third-order valence-electron chi connectivity index (χ3n) is 4.14. The molecule has 0 aliphatic carbocycles. The summed E-state index contributed by atoms with van der Waals surface area (Å²) < 4.78 is 2.31. The zero-order chi connectivity index (χ0) is 18.3. The first-order valence-corrected chi connectivity index (χ1v) is 8.95. The van der Waals surface area contributed by atoms with E-state index in [-0.39, 0.29) is 17.9 Å². The summed E-state index contributed by atoms with van der Waals surface area (Å²) in [4.78, 5) is 29.1. The number of amides is 1. The highest BCUT2D eigenvalue weighted by Gasteiger charge is 2.13. The van der Waals surface area contributed by atoms with Crippen molar-refractivity contribution in [2.75, 3.05) is 5.32 Å². The summed E-state index contributed by atoms with van der Waals surface area (Å²) in [6.45, 7) is 1.96. The topological polar surface area (TPSA) is 76.9 Å². The van der Waals surface area contributed by atoms with Crippen LogP contribution in [0.2, 0.25) is 0 Å². The molecule has 0 fully saturated rings. The van der Waals surface area contributed by atoms with E-state index in [0.29, 0.717) is 16.5 Å². The molecule has 4 rings (SSSR count). The number of carbonyl (C=O) groups is 1. The van der Waals surface area contributed by atoms with Gasteiger partial charge in [-0.05, 0) is 31.2 Å². The fourth-order valence-corrected chi connectivity index (χ4v) is 3.85. The molecule has 130 valence electrons. The Morgan fingerprint density at radius 1 is 1.19 bits per heavy atom. The third kappa shape index (κ3) is 2.97. The van der Waals surface area contributed by atoms with Gasteiger partial charge in [0.05, 0.1) is 32.7 Å². The Morgan fingerprint density at radius 3 is 2.77 bits per heavy atom. The molecule has 7 heteroatoms. The highest BCUT2D eigenvalue weighted by molar-refractivity contribution is 7.18. The summed E-state index contributed by atoms with van der Waals surface area (Å²) in [6.07, 6.45) is 0.0917. The van der Waals surface area contributed by atoms with Gasteiger partial charge in [0.15, 0.2) is 0 Å². The number of anilines is 1. The van der Waals surface area contributed by atoms with Crippen molar-refractivity contribution in [1.29, 1.82) is 0 Å². The normalized spacial score (nSPS) is 11.2. The summed E-state index contributed by atoms with van der Waals surface area (Å²) in [5.41, 5.74) is 2.06. The van der Waals surface area contributed by atoms with Crippen molar-refractivity contribution in [3.05, 3.63) is 63.5 Å². The number of hydrogen-bond acceptors (Lipinski definition) is 5. The first-order chi connectivity index (χ1) is 12.5. The van der Waals surface area contributed by atoms with E-state index in [0.717, 1.165) is 20.9 Å². The molecule has 0 spiro atoms. The molecule has 0 saturated carbocycles. The highest BCUT2D eigenvalue weighted by atomic mass is 32.1. The second-order valence-corrected chi connectivity index (χ2v) is 7.30. The molecule has 0 atom stereocenters. The SMILES string of the molecule is Cc1nc2ccc(NC(=O)Cc3nn(C)c(=O)c4ccccc34)cc2s1. The van der Waals surface area contributed by atoms with Crippen LogP contribution in [0, 0.1) is 6.92 Å². The zero-order valence-corrected chi connectivity index (χ0v) is 15.1. The fraction of sp³-hybridized carbons (Fsp3) is 0.158. The van der Waals surface area contributed by atoms with E-state index in [1.54, 1.807) is 30.5 Å². The van der Waals surface area contributed by atoms with Gasteiger partial charge in [0.2, 0.25) is 5.91 Å². The molecule has 1 N–H and O–H groups in total. The van der Waals surface area contributed by atoms with Gasteiger partial charge in [-0.1, -0.05) is 18.2 Å². The number of nitrogens with one attached hydrogen (secondary N) is 1. The van der Waals surface area contributed by atoms with Crippen LogP contribution in [0.4, 0.5) is 5.69 Å². The lowest BCUT2D eigenvalue weighted by Gasteiger charge is -2.09. The molecule has 2 aromatic carbocycles. The van der Waals surface area contributed by atoms with Crippen LogP contribution in [-0.2, 0) is 18.3 Å². The van der Waals surface area contributed by atoms with Crippen molar-refractivity contribution < 1.29 is 4.79 Å². The lowest BCUT2D eigenvalue weighted by Crippen LogP contribution is -2.24. The molecular weight excluding hydrogens is 348 g/mol. The van der Waals surface area contributed by atoms with Gasteiger partial charge in [-0.25, -0.2) is 9.67 Å². The molecule has 1 amide bonds. The molecule has 2 aromatic heterocycles. The van der Waals surface area contributed by atoms with Crippen molar-refractivity contribution in [3.63, 3.8) is 0 Å². The van der Waals surface area contributed by atoms with Crippen LogP contribution < -0.4 is 10.9 Å². The minimum Gasteiger partial charge on any atom is -0.326 e. The number of aryl methyl sites for hydroxylation is 2. The Balaban J connectivity index is 1.62. The standard InChI is InChI=1S/C19H16N4O2S/c1-11-20-15-8-7-12(9-17(15)26-11)21-18(24)10-16-13-5-3-4-6-14(13)19(25)23(2)22-16/h3-9H,10H2,1-2H3,(H,21,24). The number of thiazole rings is 1. The van der Waals surface area contributed by atoms with Crippen LogP contribution in [-0.4, -0.2) is 20.7 Å². The largest absolute Gasteiger partial charge is 0.326 e. The predicted molar refractivity (Wildman–Crippen MR) is 104 cm³/mol. The van der Waals surface area contributed by atoms with E-state index in [2.05, 4.69) is 15.4 Å². The van der Waals surface area contributed by atoms with Crippen LogP contribution >= 0.6 is 11.3 Å². The van der Waals surface area contributed by atoms with Gasteiger partial charge < -0.3 is 5.32 Å². The van der Waals surface area contributed by atoms with E-state index in [1.165, 1.54) is 4.68 Å². The maximum absolute atomic E-state index is 12.5. The number of fused-ring (bicyclic) bond motifs is 2. The Bertz CT molecular complexity index is 1210. The minimum atomic E-state index is -0.179. The molecule has 26 heavy (non-hydrogen) atoms. The van der Waals surface area contributed by atoms with E-state index in [9.17, 15) is 9.59 Å². The fourth-order valence-electron chi connectivity index (χ4n) is 2.98. The molecule has 0 radical (unpaired) electrons. The molecule has 0 unspecified atom stereocenters. The summed E-state index contributed by atoms with van der Waals surface area (Å²) in [7, 11) is 1.59. The van der Waals surface area contributed by atoms with Crippen LogP contribution in [0.3, 0.4) is 0 Å². The summed E-state index contributed by atoms with van der Waals surface area (Å²) in [5, 5.41) is 9.44. The maximum atomic E-state index is 12.5. The van der Waals surface area contributed by atoms with Crippen molar-refractivity contribution in [2.45, 2.75) is 13.3 Å². The summed E-state index contributed by atoms with van der Waals surface area (Å²) in [6, 6.07) is 12.9. The lowest BCUT2D eigenvalue weighted by molar-refractivity contribution is -0.115. The summed E-state index contributed by atoms with van der Waals surface area (Å²) >= 11 is 1.59. The Hall–Kier alpha value is -3.06. The lowest BCUT2D eigenvalue weighted by atomic mass is 10.1. The van der Waals surface area contributed by atoms with Gasteiger partial charge in [0, 0.05) is 18.1 Å². The van der Waals surface area contributed by atoms with Gasteiger partial charge in [-0.3, -0.25) is 9.59 Å². The van der Waals surface area contributed by atoms with Crippen LogP contribution in [0.1, 0.15) is 10.7 Å². The number of aromatic nitrogens is 3. The quantitative estimate of drug-likeness (QED) is 0.606. The number of benzene rings is 2. The molecule has 6 nitrogen and oxygen atoms in total. The van der Waals surface area contributed by atoms with E-state index < -0.39 is 0 Å². The van der Waals surface area contributed by atoms with Crippen LogP contribution in [0.25, 0.3) is 21.0 Å². The van der Waals surface area contributed by atoms with E-state index in [1.807, 2.05) is 37.3 Å². The van der Waals surface area contributed by atoms with Crippen LogP contribution in [0.5, 0.6) is 0 Å². The smallest absolute Gasteiger partial charge is 0.274 e. The molecule has 0 saturated heterocycles. The molecule has 2 heterocycles.